The van der Waals surface area contributed by atoms with Gasteiger partial charge in [-0.25, -0.2) is 28.8 Å². The molecular weight excluding hydrogens is 1210 g/mol. The quantitative estimate of drug-likeness (QED) is 0.0977. The van der Waals surface area contributed by atoms with Crippen LogP contribution in [0, 0.1) is 11.8 Å². The second-order valence-electron chi connectivity index (χ2n) is 26.9. The second-order valence-corrected chi connectivity index (χ2v) is 26.9. The number of aliphatic hydroxyl groups is 1. The zero-order valence-electron chi connectivity index (χ0n) is 58.6. The third-order valence-electron chi connectivity index (χ3n) is 16.9. The maximum Gasteiger partial charge on any atom is 1.00 e. The standard InChI is InChI=1S/2C23H34N2O4.C12H19NO5.C11H15N.CN.CH4O.B.Na/c2*1-23(2,3)29-22(27)25-14-12-19(15-20(25)21(26)28-4)24-13-8-11-18(16-24)17-9-6-5-7-10-17;1-12(2,3)18-11(16)13-6-5-8(14)7-9(13)10(15)17-4;1-2-5-10(6-3-1)11-7-4-8-12-9-11;2*1-2;;/h2*5-7,9-10,18-20H,8,11-16H2,1-4H3;9H,5-7H2,1-4H3;1-3,5-6,11-12H,4,7-9H2;;2H,1H3;;/q;;;;-1;;;+1/t18-,19+,20-;18-,19-,20-;9-;11-;;;;/m0000..../s1. The summed E-state index contributed by atoms with van der Waals surface area (Å²) >= 11 is 0. The number of carbonyl (C=O) groups is 7. The number of Topliss-reactive ketones (excluding diaryl/α,β-unsaturated/α-hetero) is 1. The Morgan fingerprint density at radius 1 is 0.489 bits per heavy atom. The molecule has 3 radical (unpaired) electrons. The summed E-state index contributed by atoms with van der Waals surface area (Å²) in [6.45, 7) is 28.6. The average molecular weight is 1320 g/mol. The van der Waals surface area contributed by atoms with Crippen molar-refractivity contribution in [1.29, 1.82) is 5.26 Å². The van der Waals surface area contributed by atoms with Crippen LogP contribution in [0.1, 0.15) is 174 Å². The number of nitrogens with one attached hydrogen (secondary N) is 1. The number of rotatable bonds is 8. The molecule has 3 aromatic rings. The summed E-state index contributed by atoms with van der Waals surface area (Å²) in [4.78, 5) is 94.5. The summed E-state index contributed by atoms with van der Waals surface area (Å²) in [5.74, 6) is 0.421. The van der Waals surface area contributed by atoms with E-state index in [0.29, 0.717) is 37.8 Å². The molecule has 0 unspecified atom stereocenters. The summed E-state index contributed by atoms with van der Waals surface area (Å²) in [6.07, 6.45) is 8.97. The minimum Gasteiger partial charge on any atom is -0.512 e. The number of ether oxygens (including phenoxy) is 6. The zero-order valence-corrected chi connectivity index (χ0v) is 60.6. The number of carbonyl (C=O) groups excluding carboxylic acids is 7. The van der Waals surface area contributed by atoms with E-state index in [-0.39, 0.29) is 87.2 Å². The third kappa shape index (κ3) is 27.6. The van der Waals surface area contributed by atoms with Crippen molar-refractivity contribution < 1.29 is 96.6 Å². The molecule has 8 atom stereocenters. The molecule has 3 aromatic carbocycles. The molecule has 513 valence electrons. The number of piperidine rings is 6. The van der Waals surface area contributed by atoms with Gasteiger partial charge in [0, 0.05) is 79.7 Å². The van der Waals surface area contributed by atoms with Crippen LogP contribution in [-0.4, -0.2) is 214 Å². The summed E-state index contributed by atoms with van der Waals surface area (Å²) in [5, 5.41) is 16.7. The van der Waals surface area contributed by atoms with Gasteiger partial charge in [0.15, 0.2) is 0 Å². The van der Waals surface area contributed by atoms with Gasteiger partial charge >= 0.3 is 65.7 Å². The number of ketones is 1. The topological polar surface area (TPSA) is 247 Å². The Morgan fingerprint density at radius 2 is 0.819 bits per heavy atom. The van der Waals surface area contributed by atoms with Crippen LogP contribution in [0.4, 0.5) is 14.4 Å². The SMILES string of the molecule is CO.COC(=O)[C@@H]1CC(=O)CCN1C(=O)OC(C)(C)C.COC(=O)[C@@H]1C[C@@H](N2CCC[C@H](c3ccccc3)C2)CCN1C(=O)OC(C)(C)C.COC(=O)[C@@H]1C[C@H](N2CCC[C@H](c3ccccc3)C2)CCN1C(=O)OC(C)(C)C.[B].[C-]#N.[Na+].c1ccc([C@H]2CCCNC2)cc1. The number of esters is 3. The van der Waals surface area contributed by atoms with E-state index in [9.17, 15) is 33.6 Å². The number of methoxy groups -OCH3 is 3. The fraction of sp³-hybridized carbons (Fsp3) is 0.634. The predicted octanol–water partition coefficient (Wildman–Crippen LogP) is 7.22. The van der Waals surface area contributed by atoms with E-state index in [2.05, 4.69) is 111 Å². The monoisotopic (exact) mass is 1310 g/mol. The molecule has 0 saturated carbocycles. The van der Waals surface area contributed by atoms with Crippen molar-refractivity contribution in [3.8, 4) is 0 Å². The van der Waals surface area contributed by atoms with Crippen LogP contribution in [-0.2, 0) is 47.6 Å². The molecule has 0 bridgehead atoms. The molecular formula is C71H106BN7NaO14. The first-order valence-corrected chi connectivity index (χ1v) is 32.5. The maximum atomic E-state index is 12.6. The molecule has 2 N–H and O–H groups in total. The first kappa shape index (κ1) is 84.0. The van der Waals surface area contributed by atoms with Crippen molar-refractivity contribution in [3.05, 3.63) is 114 Å². The predicted molar refractivity (Wildman–Crippen MR) is 357 cm³/mol. The van der Waals surface area contributed by atoms with Crippen LogP contribution in [0.2, 0.25) is 0 Å². The van der Waals surface area contributed by atoms with Crippen LogP contribution >= 0.6 is 0 Å². The first-order valence-electron chi connectivity index (χ1n) is 32.5. The molecule has 94 heavy (non-hydrogen) atoms. The molecule has 6 heterocycles. The molecule has 6 aliphatic rings. The maximum absolute atomic E-state index is 12.6. The van der Waals surface area contributed by atoms with Crippen molar-refractivity contribution in [2.75, 3.05) is 87.3 Å². The molecule has 6 saturated heterocycles. The summed E-state index contributed by atoms with van der Waals surface area (Å²) < 4.78 is 30.9. The molecule has 0 aliphatic carbocycles. The van der Waals surface area contributed by atoms with E-state index >= 15 is 0 Å². The minimum atomic E-state index is -0.869. The Bertz CT molecular complexity index is 2640. The molecule has 6 fully saturated rings. The van der Waals surface area contributed by atoms with Crippen LogP contribution in [0.15, 0.2) is 91.0 Å². The normalized spacial score (nSPS) is 23.1. The second kappa shape index (κ2) is 41.8. The Balaban J connectivity index is 0.000000434. The first-order chi connectivity index (χ1) is 43.8. The smallest absolute Gasteiger partial charge is 0.512 e. The fourth-order valence-electron chi connectivity index (χ4n) is 12.6. The van der Waals surface area contributed by atoms with Gasteiger partial charge < -0.3 is 50.7 Å². The van der Waals surface area contributed by atoms with Crippen molar-refractivity contribution >= 4 is 50.4 Å². The summed E-state index contributed by atoms with van der Waals surface area (Å²) in [5.41, 5.74) is 2.43. The molecule has 23 heteroatoms. The third-order valence-corrected chi connectivity index (χ3v) is 16.9. The van der Waals surface area contributed by atoms with Crippen molar-refractivity contribution in [2.24, 2.45) is 0 Å². The number of aliphatic hydroxyl groups excluding tert-OH is 1. The van der Waals surface area contributed by atoms with Gasteiger partial charge in [-0.2, -0.15) is 0 Å². The van der Waals surface area contributed by atoms with E-state index in [1.165, 1.54) is 75.1 Å². The number of hydrogen-bond donors (Lipinski definition) is 2. The number of hydrogen-bond acceptors (Lipinski definition) is 18. The Morgan fingerprint density at radius 3 is 1.15 bits per heavy atom. The van der Waals surface area contributed by atoms with E-state index in [0.717, 1.165) is 71.4 Å². The molecule has 9 rings (SSSR count). The van der Waals surface area contributed by atoms with Crippen LogP contribution in [0.5, 0.6) is 0 Å². The Labute approximate surface area is 584 Å². The van der Waals surface area contributed by atoms with Crippen molar-refractivity contribution in [3.63, 3.8) is 0 Å². The van der Waals surface area contributed by atoms with Gasteiger partial charge in [-0.3, -0.25) is 29.3 Å². The molecule has 6 aliphatic heterocycles. The van der Waals surface area contributed by atoms with Crippen LogP contribution in [0.3, 0.4) is 0 Å². The Kier molecular flexibility index (Phi) is 37.4. The van der Waals surface area contributed by atoms with Gasteiger partial charge in [0.05, 0.1) is 21.3 Å². The number of likely N-dealkylation sites (tertiary alicyclic amines) is 5. The molecule has 0 spiro atoms. The van der Waals surface area contributed by atoms with Crippen molar-refractivity contribution in [1.82, 2.24) is 29.8 Å². The average Bonchev–Trinajstić information content (AvgIpc) is 0.890. The van der Waals surface area contributed by atoms with E-state index in [1.54, 1.807) is 30.6 Å². The zero-order chi connectivity index (χ0) is 68.2. The van der Waals surface area contributed by atoms with Gasteiger partial charge in [-0.15, -0.1) is 0 Å². The largest absolute Gasteiger partial charge is 1.00 e. The van der Waals surface area contributed by atoms with E-state index in [1.807, 2.05) is 41.5 Å². The van der Waals surface area contributed by atoms with Gasteiger partial charge in [0.25, 0.3) is 0 Å². The number of nitrogens with zero attached hydrogens (tertiary/aromatic N) is 6. The number of amides is 3. The minimum absolute atomic E-state index is 0. The van der Waals surface area contributed by atoms with Crippen LogP contribution < -0.4 is 34.9 Å². The fourth-order valence-corrected chi connectivity index (χ4v) is 12.6. The molecule has 3 amide bonds. The number of benzene rings is 3. The summed E-state index contributed by atoms with van der Waals surface area (Å²) in [6, 6.07) is 30.6. The molecule has 0 aromatic heterocycles. The van der Waals surface area contributed by atoms with E-state index in [4.69, 9.17) is 40.6 Å². The van der Waals surface area contributed by atoms with Gasteiger partial charge in [0.1, 0.15) is 40.7 Å². The van der Waals surface area contributed by atoms with Gasteiger partial charge in [-0.1, -0.05) is 91.0 Å². The van der Waals surface area contributed by atoms with E-state index < -0.39 is 59.2 Å². The summed E-state index contributed by atoms with van der Waals surface area (Å²) in [7, 11) is 4.99. The van der Waals surface area contributed by atoms with Gasteiger partial charge in [-0.05, 0) is 181 Å². The Hall–Kier alpha value is -6.06. The van der Waals surface area contributed by atoms with Gasteiger partial charge in [0.2, 0.25) is 0 Å². The molecule has 21 nitrogen and oxygen atoms in total. The van der Waals surface area contributed by atoms with Crippen LogP contribution in [0.25, 0.3) is 0 Å². The van der Waals surface area contributed by atoms with Crippen molar-refractivity contribution in [2.45, 2.75) is 204 Å².